The summed E-state index contributed by atoms with van der Waals surface area (Å²) in [5.74, 6) is 3.40. The minimum Gasteiger partial charge on any atom is -0.507 e. The SMILES string of the molecule is CN(C)[C@@H]1CCCC[C@H]1N(C)Cc1cc(C(C)(C)C)cc(C23CCC4C[C@H](C[C@@H]4C2)C3)c1O. The molecule has 5 rings (SSSR count). The van der Waals surface area contributed by atoms with Crippen LogP contribution in [0, 0.1) is 17.8 Å². The van der Waals surface area contributed by atoms with Gasteiger partial charge in [0.15, 0.2) is 0 Å². The number of phenolic OH excluding ortho intramolecular Hbond substituents is 1. The summed E-state index contributed by atoms with van der Waals surface area (Å²) in [6.45, 7) is 7.85. The van der Waals surface area contributed by atoms with Gasteiger partial charge in [0.2, 0.25) is 0 Å². The summed E-state index contributed by atoms with van der Waals surface area (Å²) in [4.78, 5) is 4.97. The molecule has 3 bridgehead atoms. The number of rotatable bonds is 5. The van der Waals surface area contributed by atoms with Crippen molar-refractivity contribution in [1.82, 2.24) is 9.80 Å². The molecule has 0 saturated heterocycles. The zero-order valence-corrected chi connectivity index (χ0v) is 22.2. The molecule has 0 aromatic heterocycles. The maximum atomic E-state index is 11.8. The van der Waals surface area contributed by atoms with Gasteiger partial charge in [-0.15, -0.1) is 0 Å². The fourth-order valence-corrected chi connectivity index (χ4v) is 8.51. The Balaban J connectivity index is 1.50. The lowest BCUT2D eigenvalue weighted by Crippen LogP contribution is -2.49. The zero-order chi connectivity index (χ0) is 23.5. The van der Waals surface area contributed by atoms with Crippen LogP contribution in [-0.2, 0) is 17.4 Å². The molecule has 3 heteroatoms. The fraction of sp³-hybridized carbons (Fsp3) is 0.800. The number of aromatic hydroxyl groups is 1. The highest BCUT2D eigenvalue weighted by atomic mass is 16.3. The summed E-state index contributed by atoms with van der Waals surface area (Å²) in [5, 5.41) is 11.8. The third kappa shape index (κ3) is 4.27. The Morgan fingerprint density at radius 3 is 2.33 bits per heavy atom. The number of hydrogen-bond acceptors (Lipinski definition) is 3. The van der Waals surface area contributed by atoms with E-state index in [4.69, 9.17) is 0 Å². The van der Waals surface area contributed by atoms with Crippen molar-refractivity contribution in [3.63, 3.8) is 0 Å². The molecule has 4 aliphatic carbocycles. The Labute approximate surface area is 202 Å². The number of likely N-dealkylation sites (N-methyl/N-ethyl adjacent to an activating group) is 2. The Hall–Kier alpha value is -1.06. The van der Waals surface area contributed by atoms with Crippen LogP contribution >= 0.6 is 0 Å². The molecule has 0 amide bonds. The van der Waals surface area contributed by atoms with E-state index in [0.29, 0.717) is 17.8 Å². The van der Waals surface area contributed by atoms with Gasteiger partial charge < -0.3 is 10.0 Å². The number of phenols is 1. The highest BCUT2D eigenvalue weighted by Gasteiger charge is 2.53. The molecule has 4 aliphatic rings. The maximum Gasteiger partial charge on any atom is 0.123 e. The summed E-state index contributed by atoms with van der Waals surface area (Å²) in [6.07, 6.45) is 13.4. The lowest BCUT2D eigenvalue weighted by atomic mass is 9.58. The molecule has 3 nitrogen and oxygen atoms in total. The first-order valence-electron chi connectivity index (χ1n) is 13.8. The van der Waals surface area contributed by atoms with Crippen LogP contribution in [0.2, 0.25) is 0 Å². The summed E-state index contributed by atoms with van der Waals surface area (Å²) in [7, 11) is 6.76. The first-order chi connectivity index (χ1) is 15.6. The number of nitrogens with zero attached hydrogens (tertiary/aromatic N) is 2. The Bertz CT molecular complexity index is 867. The normalized spacial score (nSPS) is 36.2. The van der Waals surface area contributed by atoms with Gasteiger partial charge in [-0.05, 0) is 107 Å². The quantitative estimate of drug-likeness (QED) is 0.555. The maximum absolute atomic E-state index is 11.8. The van der Waals surface area contributed by atoms with Crippen LogP contribution in [0.25, 0.3) is 0 Å². The lowest BCUT2D eigenvalue weighted by Gasteiger charge is -2.46. The molecule has 1 N–H and O–H groups in total. The van der Waals surface area contributed by atoms with E-state index >= 15 is 0 Å². The largest absolute Gasteiger partial charge is 0.507 e. The van der Waals surface area contributed by atoms with E-state index in [1.165, 1.54) is 75.3 Å². The first kappa shape index (κ1) is 23.7. The van der Waals surface area contributed by atoms with Crippen LogP contribution in [0.15, 0.2) is 12.1 Å². The minimum absolute atomic E-state index is 0.0915. The average Bonchev–Trinajstić information content (AvgIpc) is 2.97. The molecule has 2 unspecified atom stereocenters. The van der Waals surface area contributed by atoms with Gasteiger partial charge >= 0.3 is 0 Å². The molecular formula is C30H48N2O. The third-order valence-electron chi connectivity index (χ3n) is 10.2. The molecule has 0 heterocycles. The van der Waals surface area contributed by atoms with Gasteiger partial charge in [-0.25, -0.2) is 0 Å². The predicted octanol–water partition coefficient (Wildman–Crippen LogP) is 6.46. The average molecular weight is 453 g/mol. The summed E-state index contributed by atoms with van der Waals surface area (Å²) in [5.41, 5.74) is 4.18. The topological polar surface area (TPSA) is 26.7 Å². The molecular weight excluding hydrogens is 404 g/mol. The van der Waals surface area contributed by atoms with Gasteiger partial charge in [0.05, 0.1) is 0 Å². The number of hydrogen-bond donors (Lipinski definition) is 1. The Morgan fingerprint density at radius 1 is 0.939 bits per heavy atom. The molecule has 6 atom stereocenters. The van der Waals surface area contributed by atoms with E-state index in [0.717, 1.165) is 29.9 Å². The van der Waals surface area contributed by atoms with Gasteiger partial charge in [0.25, 0.3) is 0 Å². The molecule has 184 valence electrons. The summed E-state index contributed by atoms with van der Waals surface area (Å²) in [6, 6.07) is 5.93. The van der Waals surface area contributed by atoms with Crippen molar-refractivity contribution >= 4 is 0 Å². The zero-order valence-electron chi connectivity index (χ0n) is 22.2. The summed E-state index contributed by atoms with van der Waals surface area (Å²) >= 11 is 0. The second kappa shape index (κ2) is 8.55. The van der Waals surface area contributed by atoms with Crippen molar-refractivity contribution in [3.05, 3.63) is 28.8 Å². The van der Waals surface area contributed by atoms with Crippen molar-refractivity contribution in [1.29, 1.82) is 0 Å². The van der Waals surface area contributed by atoms with Crippen molar-refractivity contribution < 1.29 is 5.11 Å². The van der Waals surface area contributed by atoms with Gasteiger partial charge in [0, 0.05) is 29.8 Å². The van der Waals surface area contributed by atoms with E-state index in [1.54, 1.807) is 0 Å². The monoisotopic (exact) mass is 452 g/mol. The number of fused-ring (bicyclic) bond motifs is 2. The van der Waals surface area contributed by atoms with Gasteiger partial charge in [-0.2, -0.15) is 0 Å². The molecule has 4 saturated carbocycles. The van der Waals surface area contributed by atoms with Crippen LogP contribution in [0.1, 0.15) is 102 Å². The van der Waals surface area contributed by atoms with E-state index in [-0.39, 0.29) is 10.8 Å². The minimum atomic E-state index is 0.0915. The van der Waals surface area contributed by atoms with Crippen LogP contribution in [0.5, 0.6) is 5.75 Å². The molecule has 1 aromatic rings. The summed E-state index contributed by atoms with van der Waals surface area (Å²) < 4.78 is 0. The molecule has 33 heavy (non-hydrogen) atoms. The van der Waals surface area contributed by atoms with E-state index in [2.05, 4.69) is 63.8 Å². The van der Waals surface area contributed by atoms with E-state index in [1.807, 2.05) is 0 Å². The van der Waals surface area contributed by atoms with Crippen LogP contribution in [0.4, 0.5) is 0 Å². The van der Waals surface area contributed by atoms with Crippen molar-refractivity contribution in [2.75, 3.05) is 21.1 Å². The highest BCUT2D eigenvalue weighted by Crippen LogP contribution is 2.62. The standard InChI is InChI=1S/C30H48N2O/c1-29(2,3)24-15-23(19-32(6)27-10-8-7-9-26(27)31(4)5)28(33)25(16-24)30-12-11-21-13-20(17-30)14-22(21)18-30/h15-16,20-22,26-27,33H,7-14,17-19H2,1-6H3/t20-,21?,22-,26-,27-,30?/m1/s1. The molecule has 4 fully saturated rings. The van der Waals surface area contributed by atoms with E-state index in [9.17, 15) is 5.11 Å². The van der Waals surface area contributed by atoms with Crippen LogP contribution in [-0.4, -0.2) is 48.1 Å². The molecule has 0 spiro atoms. The third-order valence-corrected chi connectivity index (χ3v) is 10.2. The van der Waals surface area contributed by atoms with Crippen molar-refractivity contribution in [2.45, 2.75) is 114 Å². The highest BCUT2D eigenvalue weighted by molar-refractivity contribution is 5.50. The van der Waals surface area contributed by atoms with Gasteiger partial charge in [-0.3, -0.25) is 4.90 Å². The van der Waals surface area contributed by atoms with Crippen molar-refractivity contribution in [2.24, 2.45) is 17.8 Å². The molecule has 0 radical (unpaired) electrons. The Kier molecular flexibility index (Phi) is 6.14. The predicted molar refractivity (Wildman–Crippen MR) is 138 cm³/mol. The van der Waals surface area contributed by atoms with Crippen LogP contribution < -0.4 is 0 Å². The van der Waals surface area contributed by atoms with Crippen molar-refractivity contribution in [3.8, 4) is 5.75 Å². The number of benzene rings is 1. The molecule has 1 aromatic carbocycles. The van der Waals surface area contributed by atoms with Gasteiger partial charge in [-0.1, -0.05) is 45.7 Å². The molecule has 0 aliphatic heterocycles. The van der Waals surface area contributed by atoms with E-state index < -0.39 is 0 Å². The smallest absolute Gasteiger partial charge is 0.123 e. The second-order valence-corrected chi connectivity index (χ2v) is 13.7. The fourth-order valence-electron chi connectivity index (χ4n) is 8.51. The second-order valence-electron chi connectivity index (χ2n) is 13.7. The van der Waals surface area contributed by atoms with Gasteiger partial charge in [0.1, 0.15) is 5.75 Å². The van der Waals surface area contributed by atoms with Crippen LogP contribution in [0.3, 0.4) is 0 Å². The Morgan fingerprint density at radius 2 is 1.64 bits per heavy atom. The first-order valence-corrected chi connectivity index (χ1v) is 13.8. The lowest BCUT2D eigenvalue weighted by molar-refractivity contribution is 0.0869.